The molecule has 1 aliphatic heterocycles. The lowest BCUT2D eigenvalue weighted by Gasteiger charge is -2.22. The van der Waals surface area contributed by atoms with Crippen molar-refractivity contribution in [2.45, 2.75) is 51.6 Å². The number of amides is 2. The van der Waals surface area contributed by atoms with Crippen LogP contribution in [0.5, 0.6) is 0 Å². The number of aromatic nitrogens is 2. The van der Waals surface area contributed by atoms with Crippen molar-refractivity contribution in [3.05, 3.63) is 41.1 Å². The first-order valence-corrected chi connectivity index (χ1v) is 10.8. The number of nitrogens with zero attached hydrogens (tertiary/aromatic N) is 3. The molecule has 1 aromatic heterocycles. The van der Waals surface area contributed by atoms with E-state index in [1.54, 1.807) is 12.1 Å². The second-order valence-corrected chi connectivity index (χ2v) is 8.24. The van der Waals surface area contributed by atoms with E-state index in [0.29, 0.717) is 29.4 Å². The Morgan fingerprint density at radius 3 is 2.77 bits per heavy atom. The molecule has 30 heavy (non-hydrogen) atoms. The first-order valence-electron chi connectivity index (χ1n) is 10.8. The van der Waals surface area contributed by atoms with Crippen LogP contribution in [0.1, 0.15) is 58.9 Å². The zero-order valence-electron chi connectivity index (χ0n) is 17.6. The van der Waals surface area contributed by atoms with E-state index in [1.165, 1.54) is 17.3 Å². The molecule has 160 valence electrons. The molecule has 0 spiro atoms. The Labute approximate surface area is 176 Å². The third-order valence-corrected chi connectivity index (χ3v) is 6.07. The van der Waals surface area contributed by atoms with Crippen molar-refractivity contribution < 1.29 is 9.59 Å². The molecular weight excluding hydrogens is 380 g/mol. The third kappa shape index (κ3) is 4.18. The van der Waals surface area contributed by atoms with Gasteiger partial charge in [0.25, 0.3) is 11.8 Å². The molecule has 1 saturated heterocycles. The summed E-state index contributed by atoms with van der Waals surface area (Å²) in [5.41, 5.74) is 8.82. The van der Waals surface area contributed by atoms with Gasteiger partial charge in [-0.05, 0) is 63.4 Å². The summed E-state index contributed by atoms with van der Waals surface area (Å²) >= 11 is 0. The summed E-state index contributed by atoms with van der Waals surface area (Å²) in [5, 5.41) is 10.3. The monoisotopic (exact) mass is 410 g/mol. The van der Waals surface area contributed by atoms with Crippen molar-refractivity contribution in [2.75, 3.05) is 25.4 Å². The largest absolute Gasteiger partial charge is 0.383 e. The molecule has 2 aliphatic rings. The van der Waals surface area contributed by atoms with Crippen LogP contribution in [-0.2, 0) is 0 Å². The number of rotatable bonds is 7. The van der Waals surface area contributed by atoms with Gasteiger partial charge in [0, 0.05) is 24.2 Å². The molecule has 1 unspecified atom stereocenters. The van der Waals surface area contributed by atoms with Crippen LogP contribution in [0.3, 0.4) is 0 Å². The topological polar surface area (TPSA) is 105 Å². The predicted molar refractivity (Wildman–Crippen MR) is 116 cm³/mol. The van der Waals surface area contributed by atoms with Gasteiger partial charge in [-0.15, -0.1) is 0 Å². The minimum atomic E-state index is -0.220. The Morgan fingerprint density at radius 1 is 1.23 bits per heavy atom. The standard InChI is InChI=1S/C22H30N6O2/c1-3-27-10-4-5-17(27)12-24-22(30)18-13-25-28(20(18)23)19-11-15(7-6-14(19)2)21(29)26-16-8-9-16/h6-7,11,13,16-17H,3-5,8-10,12,23H2,1-2H3,(H,24,30)(H,26,29). The van der Waals surface area contributed by atoms with Crippen LogP contribution in [-0.4, -0.2) is 58.2 Å². The molecule has 1 saturated carbocycles. The first kappa shape index (κ1) is 20.4. The number of likely N-dealkylation sites (N-methyl/N-ethyl adjacent to an activating group) is 1. The number of hydrogen-bond acceptors (Lipinski definition) is 5. The number of carbonyl (C=O) groups is 2. The van der Waals surface area contributed by atoms with E-state index >= 15 is 0 Å². The van der Waals surface area contributed by atoms with E-state index < -0.39 is 0 Å². The molecule has 1 atom stereocenters. The number of nitrogen functional groups attached to an aromatic ring is 1. The van der Waals surface area contributed by atoms with Crippen molar-refractivity contribution in [2.24, 2.45) is 0 Å². The van der Waals surface area contributed by atoms with Crippen LogP contribution >= 0.6 is 0 Å². The zero-order valence-corrected chi connectivity index (χ0v) is 17.6. The Morgan fingerprint density at radius 2 is 2.03 bits per heavy atom. The Balaban J connectivity index is 1.49. The van der Waals surface area contributed by atoms with E-state index in [0.717, 1.165) is 37.9 Å². The molecule has 2 fully saturated rings. The number of benzene rings is 1. The molecule has 1 aromatic carbocycles. The summed E-state index contributed by atoms with van der Waals surface area (Å²) in [4.78, 5) is 27.5. The minimum Gasteiger partial charge on any atom is -0.383 e. The number of likely N-dealkylation sites (tertiary alicyclic amines) is 1. The van der Waals surface area contributed by atoms with E-state index in [-0.39, 0.29) is 23.7 Å². The van der Waals surface area contributed by atoms with Gasteiger partial charge in [0.15, 0.2) is 0 Å². The number of nitrogens with two attached hydrogens (primary N) is 1. The van der Waals surface area contributed by atoms with Crippen LogP contribution in [0.15, 0.2) is 24.4 Å². The van der Waals surface area contributed by atoms with Crippen molar-refractivity contribution in [1.29, 1.82) is 0 Å². The van der Waals surface area contributed by atoms with Crippen molar-refractivity contribution in [1.82, 2.24) is 25.3 Å². The van der Waals surface area contributed by atoms with Gasteiger partial charge >= 0.3 is 0 Å². The maximum atomic E-state index is 12.7. The number of nitrogens with one attached hydrogen (secondary N) is 2. The van der Waals surface area contributed by atoms with Crippen molar-refractivity contribution in [3.8, 4) is 5.69 Å². The first-order chi connectivity index (χ1) is 14.5. The van der Waals surface area contributed by atoms with E-state index in [9.17, 15) is 9.59 Å². The summed E-state index contributed by atoms with van der Waals surface area (Å²) in [5.74, 6) is -0.0457. The normalized spacial score (nSPS) is 19.1. The summed E-state index contributed by atoms with van der Waals surface area (Å²) < 4.78 is 1.53. The van der Waals surface area contributed by atoms with E-state index in [4.69, 9.17) is 5.73 Å². The Kier molecular flexibility index (Phi) is 5.76. The van der Waals surface area contributed by atoms with Gasteiger partial charge in [-0.2, -0.15) is 5.10 Å². The fourth-order valence-electron chi connectivity index (χ4n) is 4.05. The van der Waals surface area contributed by atoms with Crippen molar-refractivity contribution >= 4 is 17.6 Å². The highest BCUT2D eigenvalue weighted by Gasteiger charge is 2.26. The predicted octanol–water partition coefficient (Wildman–Crippen LogP) is 1.87. The molecule has 8 nitrogen and oxygen atoms in total. The lowest BCUT2D eigenvalue weighted by atomic mass is 10.1. The molecule has 2 amide bonds. The highest BCUT2D eigenvalue weighted by atomic mass is 16.2. The summed E-state index contributed by atoms with van der Waals surface area (Å²) in [6, 6.07) is 6.10. The van der Waals surface area contributed by atoms with E-state index in [1.807, 2.05) is 13.0 Å². The lowest BCUT2D eigenvalue weighted by molar-refractivity contribution is 0.0937. The van der Waals surface area contributed by atoms with Crippen LogP contribution in [0.2, 0.25) is 0 Å². The molecule has 4 N–H and O–H groups in total. The number of carbonyl (C=O) groups excluding carboxylic acids is 2. The van der Waals surface area contributed by atoms with Gasteiger partial charge in [0.1, 0.15) is 11.4 Å². The maximum Gasteiger partial charge on any atom is 0.256 e. The highest BCUT2D eigenvalue weighted by molar-refractivity contribution is 5.99. The van der Waals surface area contributed by atoms with E-state index in [2.05, 4.69) is 27.6 Å². The second-order valence-electron chi connectivity index (χ2n) is 8.24. The van der Waals surface area contributed by atoms with Gasteiger partial charge in [-0.3, -0.25) is 14.5 Å². The number of anilines is 1. The molecule has 4 rings (SSSR count). The molecule has 1 aliphatic carbocycles. The summed E-state index contributed by atoms with van der Waals surface area (Å²) in [6.07, 6.45) is 5.82. The zero-order chi connectivity index (χ0) is 21.3. The van der Waals surface area contributed by atoms with Crippen molar-refractivity contribution in [3.63, 3.8) is 0 Å². The molecule has 2 heterocycles. The fourth-order valence-corrected chi connectivity index (χ4v) is 4.05. The average molecular weight is 411 g/mol. The van der Waals surface area contributed by atoms with Crippen LogP contribution in [0.4, 0.5) is 5.82 Å². The molecular formula is C22H30N6O2. The van der Waals surface area contributed by atoms with Crippen LogP contribution < -0.4 is 16.4 Å². The molecule has 0 bridgehead atoms. The van der Waals surface area contributed by atoms with Crippen LogP contribution in [0.25, 0.3) is 5.69 Å². The smallest absolute Gasteiger partial charge is 0.256 e. The fraction of sp³-hybridized carbons (Fsp3) is 0.500. The Hall–Kier alpha value is -2.87. The van der Waals surface area contributed by atoms with Gasteiger partial charge in [0.2, 0.25) is 0 Å². The number of hydrogen-bond donors (Lipinski definition) is 3. The minimum absolute atomic E-state index is 0.0977. The Bertz CT molecular complexity index is 949. The van der Waals surface area contributed by atoms with Gasteiger partial charge in [-0.1, -0.05) is 13.0 Å². The SMILES string of the molecule is CCN1CCCC1CNC(=O)c1cnn(-c2cc(C(=O)NC3CC3)ccc2C)c1N. The summed E-state index contributed by atoms with van der Waals surface area (Å²) in [7, 11) is 0. The van der Waals surface area contributed by atoms with Gasteiger partial charge < -0.3 is 16.4 Å². The van der Waals surface area contributed by atoms with Gasteiger partial charge in [-0.25, -0.2) is 4.68 Å². The highest BCUT2D eigenvalue weighted by Crippen LogP contribution is 2.23. The van der Waals surface area contributed by atoms with Gasteiger partial charge in [0.05, 0.1) is 11.9 Å². The lowest BCUT2D eigenvalue weighted by Crippen LogP contribution is -2.40. The average Bonchev–Trinajstić information content (AvgIpc) is 3.29. The summed E-state index contributed by atoms with van der Waals surface area (Å²) in [6.45, 7) is 6.75. The number of aryl methyl sites for hydroxylation is 1. The third-order valence-electron chi connectivity index (χ3n) is 6.07. The second kappa shape index (κ2) is 8.47. The molecule has 0 radical (unpaired) electrons. The molecule has 2 aromatic rings. The maximum absolute atomic E-state index is 12.7. The molecule has 8 heteroatoms. The quantitative estimate of drug-likeness (QED) is 0.646. The van der Waals surface area contributed by atoms with Crippen LogP contribution in [0, 0.1) is 6.92 Å².